The van der Waals surface area contributed by atoms with Gasteiger partial charge in [0.15, 0.2) is 6.61 Å². The summed E-state index contributed by atoms with van der Waals surface area (Å²) in [6.07, 6.45) is 0. The van der Waals surface area contributed by atoms with E-state index in [0.717, 1.165) is 11.3 Å². The van der Waals surface area contributed by atoms with Crippen LogP contribution in [0.3, 0.4) is 0 Å². The summed E-state index contributed by atoms with van der Waals surface area (Å²) in [6.45, 7) is 0.977. The average Bonchev–Trinajstić information content (AvgIpc) is 3.41. The number of nitrogens with zero attached hydrogens (tertiary/aromatic N) is 2. The minimum Gasteiger partial charge on any atom is -0.452 e. The number of rotatable bonds is 8. The molecule has 0 spiro atoms. The minimum atomic E-state index is -4.00. The number of hydrogen-bond donors (Lipinski definition) is 2. The van der Waals surface area contributed by atoms with Crippen LogP contribution >= 0.6 is 22.9 Å². The van der Waals surface area contributed by atoms with Crippen LogP contribution in [0.1, 0.15) is 16.1 Å². The number of amides is 1. The molecule has 0 radical (unpaired) electrons. The van der Waals surface area contributed by atoms with E-state index in [4.69, 9.17) is 16.3 Å². The summed E-state index contributed by atoms with van der Waals surface area (Å²) in [5.41, 5.74) is 0.608. The van der Waals surface area contributed by atoms with Crippen molar-refractivity contribution in [2.45, 2.75) is 11.1 Å². The van der Waals surface area contributed by atoms with Gasteiger partial charge in [-0.1, -0.05) is 41.9 Å². The predicted molar refractivity (Wildman–Crippen MR) is 141 cm³/mol. The number of carbonyl (C=O) groups is 2. The van der Waals surface area contributed by atoms with E-state index in [9.17, 15) is 22.8 Å². The molecule has 0 fully saturated rings. The molecule has 37 heavy (non-hydrogen) atoms. The van der Waals surface area contributed by atoms with Crippen LogP contribution in [0.25, 0.3) is 5.69 Å². The van der Waals surface area contributed by atoms with E-state index >= 15 is 0 Å². The Morgan fingerprint density at radius 2 is 1.70 bits per heavy atom. The van der Waals surface area contributed by atoms with Crippen molar-refractivity contribution in [3.63, 3.8) is 0 Å². The second kappa shape index (κ2) is 10.6. The van der Waals surface area contributed by atoms with Gasteiger partial charge in [0.25, 0.3) is 21.5 Å². The van der Waals surface area contributed by atoms with Crippen molar-refractivity contribution in [2.24, 2.45) is 7.05 Å². The number of nitrogens with one attached hydrogen (secondary N) is 2. The summed E-state index contributed by atoms with van der Waals surface area (Å²) >= 11 is 6.70. The second-order valence-corrected chi connectivity index (χ2v) is 11.4. The molecule has 10 nitrogen and oxygen atoms in total. The van der Waals surface area contributed by atoms with Crippen LogP contribution in [0.5, 0.6) is 0 Å². The summed E-state index contributed by atoms with van der Waals surface area (Å²) in [6, 6.07) is 17.5. The third kappa shape index (κ3) is 5.61. The van der Waals surface area contributed by atoms with Gasteiger partial charge in [-0.3, -0.25) is 19.0 Å². The molecule has 4 rings (SSSR count). The number of hydrogen-bond acceptors (Lipinski definition) is 7. The highest BCUT2D eigenvalue weighted by Crippen LogP contribution is 2.28. The fourth-order valence-electron chi connectivity index (χ4n) is 3.48. The summed E-state index contributed by atoms with van der Waals surface area (Å²) in [5.74, 6) is -1.66. The summed E-state index contributed by atoms with van der Waals surface area (Å²) in [7, 11) is -2.32. The maximum Gasteiger partial charge on any atom is 0.340 e. The number of para-hydroxylation sites is 2. The Bertz CT molecular complexity index is 1640. The predicted octanol–water partition coefficient (Wildman–Crippen LogP) is 3.80. The molecule has 0 aliphatic carbocycles. The molecule has 0 saturated heterocycles. The molecule has 2 aromatic heterocycles. The van der Waals surface area contributed by atoms with Gasteiger partial charge in [-0.2, -0.15) is 0 Å². The summed E-state index contributed by atoms with van der Waals surface area (Å²) in [5, 5.41) is 2.50. The highest BCUT2D eigenvalue weighted by Gasteiger charge is 2.22. The zero-order valence-electron chi connectivity index (χ0n) is 19.6. The van der Waals surface area contributed by atoms with Gasteiger partial charge >= 0.3 is 5.97 Å². The number of aromatic nitrogens is 2. The molecule has 0 atom stereocenters. The lowest BCUT2D eigenvalue weighted by Gasteiger charge is -2.11. The van der Waals surface area contributed by atoms with Crippen LogP contribution in [-0.4, -0.2) is 36.3 Å². The molecule has 2 heterocycles. The minimum absolute atomic E-state index is 0.0259. The third-order valence-corrected chi connectivity index (χ3v) is 8.45. The molecule has 4 aromatic rings. The maximum atomic E-state index is 12.9. The fraction of sp³-hybridized carbons (Fsp3) is 0.125. The van der Waals surface area contributed by atoms with Crippen molar-refractivity contribution in [3.05, 3.63) is 92.7 Å². The lowest BCUT2D eigenvalue weighted by Crippen LogP contribution is -2.26. The number of thiophene rings is 1. The van der Waals surface area contributed by atoms with Gasteiger partial charge in [0.05, 0.1) is 27.0 Å². The topological polar surface area (TPSA) is 128 Å². The van der Waals surface area contributed by atoms with Gasteiger partial charge in [-0.15, -0.1) is 11.3 Å². The van der Waals surface area contributed by atoms with Gasteiger partial charge in [-0.05, 0) is 43.3 Å². The van der Waals surface area contributed by atoms with Crippen molar-refractivity contribution in [1.29, 1.82) is 0 Å². The molecule has 0 saturated carbocycles. The van der Waals surface area contributed by atoms with Crippen LogP contribution < -0.4 is 15.6 Å². The lowest BCUT2D eigenvalue weighted by atomic mass is 10.2. The number of carbonyl (C=O) groups excluding carboxylic acids is 2. The quantitative estimate of drug-likeness (QED) is 0.315. The van der Waals surface area contributed by atoms with Crippen LogP contribution in [0.15, 0.2) is 75.7 Å². The zero-order chi connectivity index (χ0) is 26.7. The highest BCUT2D eigenvalue weighted by atomic mass is 35.5. The molecule has 192 valence electrons. The molecular formula is C24H21ClN4O6S2. The van der Waals surface area contributed by atoms with E-state index in [1.54, 1.807) is 49.0 Å². The number of esters is 1. The standard InChI is InChI=1S/C24H21ClN4O6S2/c1-15-22(23(31)29(28(15)2)16-8-4-3-5-9-16)26-20(30)14-35-24(32)17-10-6-7-11-18(17)27-37(33,34)21-13-12-19(25)36-21/h3-13,27H,14H2,1-2H3,(H,26,30). The molecule has 0 aliphatic rings. The van der Waals surface area contributed by atoms with E-state index in [0.29, 0.717) is 15.7 Å². The molecule has 2 N–H and O–H groups in total. The van der Waals surface area contributed by atoms with Crippen LogP contribution in [0.4, 0.5) is 11.4 Å². The van der Waals surface area contributed by atoms with E-state index in [-0.39, 0.29) is 21.1 Å². The molecule has 13 heteroatoms. The first kappa shape index (κ1) is 26.2. The first-order chi connectivity index (χ1) is 17.6. The maximum absolute atomic E-state index is 12.9. The highest BCUT2D eigenvalue weighted by molar-refractivity contribution is 7.94. The first-order valence-electron chi connectivity index (χ1n) is 10.8. The van der Waals surface area contributed by atoms with Crippen molar-refractivity contribution in [1.82, 2.24) is 9.36 Å². The Morgan fingerprint density at radius 1 is 1.03 bits per heavy atom. The monoisotopic (exact) mass is 560 g/mol. The van der Waals surface area contributed by atoms with Gasteiger partial charge < -0.3 is 10.1 Å². The molecule has 0 aliphatic heterocycles. The second-order valence-electron chi connectivity index (χ2n) is 7.77. The average molecular weight is 561 g/mol. The summed E-state index contributed by atoms with van der Waals surface area (Å²) < 4.78 is 36.0. The van der Waals surface area contributed by atoms with Gasteiger partial charge in [0, 0.05) is 7.05 Å². The smallest absolute Gasteiger partial charge is 0.340 e. The number of benzene rings is 2. The molecule has 2 aromatic carbocycles. The number of ether oxygens (including phenoxy) is 1. The first-order valence-corrected chi connectivity index (χ1v) is 13.4. The van der Waals surface area contributed by atoms with E-state index in [2.05, 4.69) is 10.0 Å². The Balaban J connectivity index is 1.46. The molecule has 1 amide bonds. The fourth-order valence-corrected chi connectivity index (χ4v) is 6.05. The number of anilines is 2. The Hall–Kier alpha value is -3.87. The van der Waals surface area contributed by atoms with Gasteiger partial charge in [-0.25, -0.2) is 17.9 Å². The summed E-state index contributed by atoms with van der Waals surface area (Å²) in [4.78, 5) is 38.2. The number of sulfonamides is 1. The van der Waals surface area contributed by atoms with Gasteiger partial charge in [0.1, 0.15) is 9.90 Å². The molecule has 0 unspecified atom stereocenters. The Kier molecular flexibility index (Phi) is 7.52. The SMILES string of the molecule is Cc1c(NC(=O)COC(=O)c2ccccc2NS(=O)(=O)c2ccc(Cl)s2)c(=O)n(-c2ccccc2)n1C. The molecular weight excluding hydrogens is 540 g/mol. The normalized spacial score (nSPS) is 11.2. The van der Waals surface area contributed by atoms with Crippen molar-refractivity contribution >= 4 is 56.2 Å². The van der Waals surface area contributed by atoms with Crippen LogP contribution in [-0.2, 0) is 26.6 Å². The van der Waals surface area contributed by atoms with Crippen molar-refractivity contribution in [3.8, 4) is 5.69 Å². The zero-order valence-corrected chi connectivity index (χ0v) is 22.0. The molecule has 0 bridgehead atoms. The van der Waals surface area contributed by atoms with E-state index < -0.39 is 34.1 Å². The largest absolute Gasteiger partial charge is 0.452 e. The van der Waals surface area contributed by atoms with Crippen LogP contribution in [0, 0.1) is 6.92 Å². The Morgan fingerprint density at radius 3 is 2.38 bits per heavy atom. The van der Waals surface area contributed by atoms with E-state index in [1.807, 2.05) is 6.07 Å². The third-order valence-electron chi connectivity index (χ3n) is 5.36. The van der Waals surface area contributed by atoms with Crippen LogP contribution in [0.2, 0.25) is 4.34 Å². The van der Waals surface area contributed by atoms with Crippen molar-refractivity contribution in [2.75, 3.05) is 16.6 Å². The lowest BCUT2D eigenvalue weighted by molar-refractivity contribution is -0.119. The van der Waals surface area contributed by atoms with E-state index in [1.165, 1.54) is 35.0 Å². The Labute approximate surface area is 221 Å². The van der Waals surface area contributed by atoms with Gasteiger partial charge in [0.2, 0.25) is 0 Å². The number of halogens is 1. The van der Waals surface area contributed by atoms with Crippen molar-refractivity contribution < 1.29 is 22.7 Å².